The lowest BCUT2D eigenvalue weighted by Gasteiger charge is -2.11. The van der Waals surface area contributed by atoms with Gasteiger partial charge in [-0.3, -0.25) is 9.59 Å². The number of unbranched alkanes of at least 4 members (excludes halogenated alkanes) is 25. The predicted octanol–water partition coefficient (Wildman–Crippen LogP) is 11.6. The number of carboxylic acid groups (broad SMARTS) is 1. The van der Waals surface area contributed by atoms with E-state index in [0.29, 0.717) is 12.8 Å². The smallest absolute Gasteiger partial charge is 0.314 e. The van der Waals surface area contributed by atoms with Gasteiger partial charge >= 0.3 is 5.97 Å². The molecule has 0 aliphatic heterocycles. The third-order valence-corrected chi connectivity index (χ3v) is 8.06. The van der Waals surface area contributed by atoms with E-state index in [-0.39, 0.29) is 5.78 Å². The highest BCUT2D eigenvalue weighted by molar-refractivity contribution is 5.98. The lowest BCUT2D eigenvalue weighted by atomic mass is 9.93. The van der Waals surface area contributed by atoms with E-state index in [1.165, 1.54) is 148 Å². The molecule has 0 fully saturated rings. The Morgan fingerprint density at radius 3 is 1.00 bits per heavy atom. The molecule has 0 aromatic carbocycles. The Morgan fingerprint density at radius 1 is 0.432 bits per heavy atom. The second-order valence-electron chi connectivity index (χ2n) is 11.7. The third kappa shape index (κ3) is 26.5. The van der Waals surface area contributed by atoms with E-state index < -0.39 is 11.9 Å². The monoisotopic (exact) mass is 523 g/mol. The van der Waals surface area contributed by atoms with Crippen LogP contribution in [-0.2, 0) is 9.59 Å². The van der Waals surface area contributed by atoms with Gasteiger partial charge in [0, 0.05) is 6.42 Å². The van der Waals surface area contributed by atoms with Crippen molar-refractivity contribution in [1.82, 2.24) is 0 Å². The Morgan fingerprint density at radius 2 is 0.703 bits per heavy atom. The summed E-state index contributed by atoms with van der Waals surface area (Å²) in [6, 6.07) is 0. The molecule has 0 saturated heterocycles. The van der Waals surface area contributed by atoms with Crippen molar-refractivity contribution in [3.05, 3.63) is 0 Å². The number of carbonyl (C=O) groups is 2. The van der Waals surface area contributed by atoms with Gasteiger partial charge in [-0.2, -0.15) is 0 Å². The number of hydrogen-bond donors (Lipinski definition) is 1. The van der Waals surface area contributed by atoms with Crippen molar-refractivity contribution >= 4 is 11.8 Å². The van der Waals surface area contributed by atoms with E-state index in [1.54, 1.807) is 0 Å². The summed E-state index contributed by atoms with van der Waals surface area (Å²) in [7, 11) is 0. The van der Waals surface area contributed by atoms with Crippen molar-refractivity contribution in [2.45, 2.75) is 200 Å². The molecular formula is C34H66O3. The van der Waals surface area contributed by atoms with E-state index in [1.807, 2.05) is 0 Å². The van der Waals surface area contributed by atoms with Crippen LogP contribution < -0.4 is 0 Å². The quantitative estimate of drug-likeness (QED) is 0.0727. The topological polar surface area (TPSA) is 54.4 Å². The second-order valence-corrected chi connectivity index (χ2v) is 11.7. The molecule has 0 saturated carbocycles. The van der Waals surface area contributed by atoms with Gasteiger partial charge in [-0.15, -0.1) is 0 Å². The maximum atomic E-state index is 12.4. The zero-order valence-corrected chi connectivity index (χ0v) is 25.3. The minimum atomic E-state index is -0.909. The van der Waals surface area contributed by atoms with Crippen LogP contribution in [0.1, 0.15) is 200 Å². The second kappa shape index (κ2) is 29.7. The van der Waals surface area contributed by atoms with E-state index in [0.717, 1.165) is 25.7 Å². The number of Topliss-reactive ketones (excluding diaryl/α,β-unsaturated/α-hetero) is 1. The predicted molar refractivity (Wildman–Crippen MR) is 161 cm³/mol. The Bertz CT molecular complexity index is 487. The van der Waals surface area contributed by atoms with Gasteiger partial charge in [0.1, 0.15) is 11.7 Å². The molecule has 37 heavy (non-hydrogen) atoms. The van der Waals surface area contributed by atoms with Crippen molar-refractivity contribution in [3.8, 4) is 0 Å². The van der Waals surface area contributed by atoms with Gasteiger partial charge in [-0.05, 0) is 12.8 Å². The number of carbonyl (C=O) groups excluding carboxylic acids is 1. The molecule has 0 aromatic rings. The number of carboxylic acids is 1. The van der Waals surface area contributed by atoms with Gasteiger partial charge in [0.15, 0.2) is 0 Å². The minimum Gasteiger partial charge on any atom is -0.481 e. The van der Waals surface area contributed by atoms with Gasteiger partial charge in [0.2, 0.25) is 0 Å². The fourth-order valence-corrected chi connectivity index (χ4v) is 5.46. The summed E-state index contributed by atoms with van der Waals surface area (Å²) >= 11 is 0. The highest BCUT2D eigenvalue weighted by atomic mass is 16.4. The van der Waals surface area contributed by atoms with E-state index in [2.05, 4.69) is 13.8 Å². The zero-order chi connectivity index (χ0) is 27.2. The van der Waals surface area contributed by atoms with Gasteiger partial charge in [-0.25, -0.2) is 0 Å². The fraction of sp³-hybridized carbons (Fsp3) is 0.941. The van der Waals surface area contributed by atoms with Crippen LogP contribution in [-0.4, -0.2) is 16.9 Å². The standard InChI is InChI=1S/C34H66O3/c1-3-5-7-9-11-13-14-15-16-17-18-19-20-21-23-24-26-28-30-32(34(36)37)33(35)31-29-27-25-22-12-10-8-6-4-2/h32H,3-31H2,1-2H3,(H,36,37). The van der Waals surface area contributed by atoms with Crippen LogP contribution >= 0.6 is 0 Å². The Hall–Kier alpha value is -0.860. The normalized spacial score (nSPS) is 12.2. The van der Waals surface area contributed by atoms with Crippen LogP contribution in [0.15, 0.2) is 0 Å². The van der Waals surface area contributed by atoms with Gasteiger partial charge < -0.3 is 5.11 Å². The molecule has 3 nitrogen and oxygen atoms in total. The molecule has 1 unspecified atom stereocenters. The van der Waals surface area contributed by atoms with Crippen LogP contribution in [0.4, 0.5) is 0 Å². The first-order valence-electron chi connectivity index (χ1n) is 16.9. The minimum absolute atomic E-state index is 0.0394. The number of rotatable bonds is 31. The molecule has 1 atom stereocenters. The fourth-order valence-electron chi connectivity index (χ4n) is 5.46. The summed E-state index contributed by atoms with van der Waals surface area (Å²) in [4.78, 5) is 24.0. The summed E-state index contributed by atoms with van der Waals surface area (Å²) in [6.45, 7) is 4.52. The maximum Gasteiger partial charge on any atom is 0.314 e. The molecule has 0 aliphatic carbocycles. The van der Waals surface area contributed by atoms with E-state index in [4.69, 9.17) is 0 Å². The number of aliphatic carboxylic acids is 1. The Balaban J connectivity index is 3.50. The van der Waals surface area contributed by atoms with Crippen molar-refractivity contribution in [3.63, 3.8) is 0 Å². The summed E-state index contributed by atoms with van der Waals surface area (Å²) in [6.07, 6.45) is 35.8. The zero-order valence-electron chi connectivity index (χ0n) is 25.3. The first-order valence-corrected chi connectivity index (χ1v) is 16.9. The highest BCUT2D eigenvalue weighted by Crippen LogP contribution is 2.18. The number of hydrogen-bond acceptors (Lipinski definition) is 2. The van der Waals surface area contributed by atoms with E-state index in [9.17, 15) is 14.7 Å². The summed E-state index contributed by atoms with van der Waals surface area (Å²) in [5.41, 5.74) is 0. The first kappa shape index (κ1) is 36.1. The SMILES string of the molecule is CCCCCCCCCCCCCCCCCCCCC(C(=O)O)C(=O)CCCCCCCCCCC. The van der Waals surface area contributed by atoms with Crippen LogP contribution in [0, 0.1) is 5.92 Å². The van der Waals surface area contributed by atoms with Crippen LogP contribution in [0.5, 0.6) is 0 Å². The van der Waals surface area contributed by atoms with Crippen molar-refractivity contribution in [2.24, 2.45) is 5.92 Å². The molecule has 220 valence electrons. The number of ketones is 1. The maximum absolute atomic E-state index is 12.4. The molecule has 0 spiro atoms. The lowest BCUT2D eigenvalue weighted by molar-refractivity contribution is -0.146. The highest BCUT2D eigenvalue weighted by Gasteiger charge is 2.24. The van der Waals surface area contributed by atoms with Crippen molar-refractivity contribution < 1.29 is 14.7 Å². The molecule has 0 amide bonds. The van der Waals surface area contributed by atoms with Gasteiger partial charge in [0.25, 0.3) is 0 Å². The summed E-state index contributed by atoms with van der Waals surface area (Å²) in [5, 5.41) is 9.51. The molecule has 1 N–H and O–H groups in total. The molecular weight excluding hydrogens is 456 g/mol. The largest absolute Gasteiger partial charge is 0.481 e. The van der Waals surface area contributed by atoms with Crippen molar-refractivity contribution in [2.75, 3.05) is 0 Å². The summed E-state index contributed by atoms with van der Waals surface area (Å²) < 4.78 is 0. The molecule has 0 bridgehead atoms. The van der Waals surface area contributed by atoms with Gasteiger partial charge in [0.05, 0.1) is 0 Å². The molecule has 0 heterocycles. The van der Waals surface area contributed by atoms with Crippen LogP contribution in [0.3, 0.4) is 0 Å². The molecule has 0 aliphatic rings. The molecule has 0 aromatic heterocycles. The lowest BCUT2D eigenvalue weighted by Crippen LogP contribution is -2.23. The molecule has 0 rings (SSSR count). The Labute approximate surface area is 232 Å². The van der Waals surface area contributed by atoms with Crippen molar-refractivity contribution in [1.29, 1.82) is 0 Å². The average Bonchev–Trinajstić information content (AvgIpc) is 2.88. The summed E-state index contributed by atoms with van der Waals surface area (Å²) in [5.74, 6) is -1.72. The molecule has 3 heteroatoms. The Kier molecular flexibility index (Phi) is 29.0. The van der Waals surface area contributed by atoms with Crippen LogP contribution in [0.25, 0.3) is 0 Å². The average molecular weight is 523 g/mol. The first-order chi connectivity index (χ1) is 18.1. The molecule has 0 radical (unpaired) electrons. The van der Waals surface area contributed by atoms with Crippen LogP contribution in [0.2, 0.25) is 0 Å². The third-order valence-electron chi connectivity index (χ3n) is 8.06. The van der Waals surface area contributed by atoms with E-state index >= 15 is 0 Å². The van der Waals surface area contributed by atoms with Gasteiger partial charge in [-0.1, -0.05) is 181 Å².